The predicted molar refractivity (Wildman–Crippen MR) is 94.0 cm³/mol. The zero-order valence-electron chi connectivity index (χ0n) is 14.3. The molecule has 0 aromatic heterocycles. The summed E-state index contributed by atoms with van der Waals surface area (Å²) in [6, 6.07) is 17.6. The number of carbonyl (C=O) groups is 2. The summed E-state index contributed by atoms with van der Waals surface area (Å²) in [6.45, 7) is 2.29. The highest BCUT2D eigenvalue weighted by Gasteiger charge is 2.47. The number of cyclic esters (lactones) is 1. The number of benzene rings is 2. The van der Waals surface area contributed by atoms with E-state index >= 15 is 0 Å². The van der Waals surface area contributed by atoms with E-state index in [9.17, 15) is 9.59 Å². The van der Waals surface area contributed by atoms with Gasteiger partial charge in [-0.15, -0.1) is 0 Å². The van der Waals surface area contributed by atoms with Crippen LogP contribution < -0.4 is 0 Å². The molecule has 0 radical (unpaired) electrons. The van der Waals surface area contributed by atoms with E-state index in [-0.39, 0.29) is 11.9 Å². The maximum absolute atomic E-state index is 13.3. The average molecular weight is 335 g/mol. The summed E-state index contributed by atoms with van der Waals surface area (Å²) in [5, 5.41) is 0. The monoisotopic (exact) mass is 335 g/mol. The largest absolute Gasteiger partial charge is 0.445 e. The molecule has 2 aliphatic rings. The van der Waals surface area contributed by atoms with Crippen LogP contribution in [0.15, 0.2) is 54.6 Å². The summed E-state index contributed by atoms with van der Waals surface area (Å²) in [7, 11) is 0. The van der Waals surface area contributed by atoms with Crippen molar-refractivity contribution in [2.24, 2.45) is 0 Å². The van der Waals surface area contributed by atoms with Crippen LogP contribution in [0, 0.1) is 0 Å². The molecule has 1 aliphatic heterocycles. The lowest BCUT2D eigenvalue weighted by Gasteiger charge is -2.37. The number of esters is 1. The second-order valence-corrected chi connectivity index (χ2v) is 7.10. The van der Waals surface area contributed by atoms with E-state index in [1.807, 2.05) is 53.4 Å². The number of hydrogen-bond donors (Lipinski definition) is 0. The van der Waals surface area contributed by atoms with Gasteiger partial charge >= 0.3 is 5.97 Å². The highest BCUT2D eigenvalue weighted by molar-refractivity contribution is 5.97. The van der Waals surface area contributed by atoms with Gasteiger partial charge in [0.15, 0.2) is 5.60 Å². The minimum atomic E-state index is -1.14. The van der Waals surface area contributed by atoms with Crippen molar-refractivity contribution in [2.75, 3.05) is 0 Å². The van der Waals surface area contributed by atoms with E-state index in [0.717, 1.165) is 24.0 Å². The SMILES string of the molecule is CC1(C(=O)N(Cc2ccccc2)C2CC2)Cc2ccccc2C(=O)O1. The molecule has 0 spiro atoms. The van der Waals surface area contributed by atoms with Crippen molar-refractivity contribution in [3.8, 4) is 0 Å². The summed E-state index contributed by atoms with van der Waals surface area (Å²) in [6.07, 6.45) is 2.45. The van der Waals surface area contributed by atoms with Gasteiger partial charge in [0.25, 0.3) is 5.91 Å². The first-order valence-corrected chi connectivity index (χ1v) is 8.73. The van der Waals surface area contributed by atoms with Gasteiger partial charge in [-0.05, 0) is 37.0 Å². The Morgan fingerprint density at radius 1 is 1.12 bits per heavy atom. The van der Waals surface area contributed by atoms with Crippen molar-refractivity contribution in [2.45, 2.75) is 44.4 Å². The van der Waals surface area contributed by atoms with E-state index in [4.69, 9.17) is 4.74 Å². The number of hydrogen-bond acceptors (Lipinski definition) is 3. The lowest BCUT2D eigenvalue weighted by Crippen LogP contribution is -2.53. The summed E-state index contributed by atoms with van der Waals surface area (Å²) in [4.78, 5) is 27.6. The van der Waals surface area contributed by atoms with Crippen LogP contribution in [0.1, 0.15) is 41.3 Å². The molecule has 4 heteroatoms. The highest BCUT2D eigenvalue weighted by atomic mass is 16.6. The van der Waals surface area contributed by atoms with E-state index in [1.165, 1.54) is 0 Å². The van der Waals surface area contributed by atoms with E-state index in [2.05, 4.69) is 0 Å². The van der Waals surface area contributed by atoms with Crippen molar-refractivity contribution >= 4 is 11.9 Å². The Morgan fingerprint density at radius 3 is 2.52 bits per heavy atom. The molecule has 1 heterocycles. The van der Waals surface area contributed by atoms with E-state index in [1.54, 1.807) is 13.0 Å². The fourth-order valence-corrected chi connectivity index (χ4v) is 3.49. The van der Waals surface area contributed by atoms with Gasteiger partial charge in [0, 0.05) is 19.0 Å². The zero-order valence-corrected chi connectivity index (χ0v) is 14.3. The number of ether oxygens (including phenoxy) is 1. The van der Waals surface area contributed by atoms with Crippen LogP contribution in [0.2, 0.25) is 0 Å². The fourth-order valence-electron chi connectivity index (χ4n) is 3.49. The topological polar surface area (TPSA) is 46.6 Å². The van der Waals surface area contributed by atoms with E-state index < -0.39 is 11.6 Å². The molecule has 4 rings (SSSR count). The molecule has 4 nitrogen and oxygen atoms in total. The highest BCUT2D eigenvalue weighted by Crippen LogP contribution is 2.35. The van der Waals surface area contributed by atoms with E-state index in [0.29, 0.717) is 18.5 Å². The standard InChI is InChI=1S/C21H21NO3/c1-21(13-16-9-5-6-10-18(16)19(23)25-21)20(24)22(17-11-12-17)14-15-7-3-2-4-8-15/h2-10,17H,11-14H2,1H3. The van der Waals surface area contributed by atoms with Gasteiger partial charge in [-0.3, -0.25) is 4.79 Å². The van der Waals surface area contributed by atoms with Crippen molar-refractivity contribution in [3.63, 3.8) is 0 Å². The van der Waals surface area contributed by atoms with Crippen molar-refractivity contribution in [1.82, 2.24) is 4.90 Å². The van der Waals surface area contributed by atoms with Gasteiger partial charge in [0.2, 0.25) is 0 Å². The molecule has 1 aliphatic carbocycles. The van der Waals surface area contributed by atoms with Crippen LogP contribution in [-0.2, 0) is 22.5 Å². The van der Waals surface area contributed by atoms with Crippen LogP contribution in [-0.4, -0.2) is 28.4 Å². The minimum Gasteiger partial charge on any atom is -0.445 e. The second kappa shape index (κ2) is 6.03. The number of rotatable bonds is 4. The zero-order chi connectivity index (χ0) is 17.4. The average Bonchev–Trinajstić information content (AvgIpc) is 3.45. The molecule has 0 saturated heterocycles. The fraction of sp³-hybridized carbons (Fsp3) is 0.333. The number of carbonyl (C=O) groups excluding carboxylic acids is 2. The van der Waals surface area contributed by atoms with Crippen LogP contribution in [0.4, 0.5) is 0 Å². The maximum Gasteiger partial charge on any atom is 0.339 e. The summed E-state index contributed by atoms with van der Waals surface area (Å²) in [5.41, 5.74) is 1.40. The van der Waals surface area contributed by atoms with Crippen LogP contribution in [0.3, 0.4) is 0 Å². The molecule has 2 aromatic carbocycles. The number of amides is 1. The van der Waals surface area contributed by atoms with Gasteiger partial charge in [0.05, 0.1) is 5.56 Å². The number of nitrogens with zero attached hydrogens (tertiary/aromatic N) is 1. The molecule has 128 valence electrons. The maximum atomic E-state index is 13.3. The van der Waals surface area contributed by atoms with Crippen LogP contribution in [0.5, 0.6) is 0 Å². The Bertz CT molecular complexity index is 813. The summed E-state index contributed by atoms with van der Waals surface area (Å²) in [5.74, 6) is -0.505. The van der Waals surface area contributed by atoms with Gasteiger partial charge in [-0.25, -0.2) is 4.79 Å². The Balaban J connectivity index is 1.61. The quantitative estimate of drug-likeness (QED) is 0.805. The number of fused-ring (bicyclic) bond motifs is 1. The normalized spacial score (nSPS) is 22.0. The first-order valence-electron chi connectivity index (χ1n) is 8.73. The van der Waals surface area contributed by atoms with Crippen LogP contribution in [0.25, 0.3) is 0 Å². The van der Waals surface area contributed by atoms with Gasteiger partial charge in [-0.1, -0.05) is 48.5 Å². The molecule has 1 unspecified atom stereocenters. The summed E-state index contributed by atoms with van der Waals surface area (Å²) < 4.78 is 5.63. The van der Waals surface area contributed by atoms with Gasteiger partial charge in [-0.2, -0.15) is 0 Å². The molecule has 0 N–H and O–H groups in total. The third-order valence-electron chi connectivity index (χ3n) is 4.98. The Hall–Kier alpha value is -2.62. The Labute approximate surface area is 147 Å². The molecule has 1 atom stereocenters. The predicted octanol–water partition coefficient (Wildman–Crippen LogP) is 3.35. The third-order valence-corrected chi connectivity index (χ3v) is 4.98. The second-order valence-electron chi connectivity index (χ2n) is 7.10. The van der Waals surface area contributed by atoms with Crippen molar-refractivity contribution in [1.29, 1.82) is 0 Å². The molecular formula is C21H21NO3. The summed E-state index contributed by atoms with van der Waals surface area (Å²) >= 11 is 0. The van der Waals surface area contributed by atoms with Gasteiger partial charge in [0.1, 0.15) is 0 Å². The molecule has 25 heavy (non-hydrogen) atoms. The first kappa shape index (κ1) is 15.9. The Kier molecular flexibility index (Phi) is 3.83. The van der Waals surface area contributed by atoms with Crippen molar-refractivity contribution in [3.05, 3.63) is 71.3 Å². The lowest BCUT2D eigenvalue weighted by atomic mass is 9.88. The lowest BCUT2D eigenvalue weighted by molar-refractivity contribution is -0.152. The minimum absolute atomic E-state index is 0.0956. The smallest absolute Gasteiger partial charge is 0.339 e. The van der Waals surface area contributed by atoms with Crippen LogP contribution >= 0.6 is 0 Å². The molecule has 1 fully saturated rings. The molecule has 0 bridgehead atoms. The molecular weight excluding hydrogens is 314 g/mol. The first-order chi connectivity index (χ1) is 12.1. The third kappa shape index (κ3) is 3.04. The molecule has 2 aromatic rings. The van der Waals surface area contributed by atoms with Crippen molar-refractivity contribution < 1.29 is 14.3 Å². The molecule has 1 amide bonds. The Morgan fingerprint density at radius 2 is 1.80 bits per heavy atom. The van der Waals surface area contributed by atoms with Gasteiger partial charge < -0.3 is 9.64 Å². The molecule has 1 saturated carbocycles.